The number of anilines is 1. The van der Waals surface area contributed by atoms with Crippen molar-refractivity contribution >= 4 is 38.6 Å². The molecule has 1 heterocycles. The van der Waals surface area contributed by atoms with Crippen LogP contribution in [0, 0.1) is 0 Å². The van der Waals surface area contributed by atoms with Crippen LogP contribution < -0.4 is 14.9 Å². The van der Waals surface area contributed by atoms with Crippen LogP contribution in [0.2, 0.25) is 0 Å². The number of hydrogen-bond donors (Lipinski definition) is 1. The number of thiazole rings is 1. The topological polar surface area (TPSA) is 55.7 Å². The van der Waals surface area contributed by atoms with Crippen molar-refractivity contribution in [1.29, 1.82) is 0 Å². The molecule has 0 aliphatic carbocycles. The zero-order valence-corrected chi connectivity index (χ0v) is 19.2. The van der Waals surface area contributed by atoms with E-state index in [1.807, 2.05) is 78.2 Å². The fourth-order valence-electron chi connectivity index (χ4n) is 2.91. The summed E-state index contributed by atoms with van der Waals surface area (Å²) in [6, 6.07) is 23.7. The van der Waals surface area contributed by atoms with Gasteiger partial charge in [0.25, 0.3) is 0 Å². The van der Waals surface area contributed by atoms with E-state index in [-0.39, 0.29) is 0 Å². The van der Waals surface area contributed by atoms with Crippen LogP contribution >= 0.6 is 27.3 Å². The molecule has 3 aromatic carbocycles. The van der Waals surface area contributed by atoms with Crippen LogP contribution in [0.4, 0.5) is 5.13 Å². The zero-order chi connectivity index (χ0) is 21.5. The molecule has 0 unspecified atom stereocenters. The summed E-state index contributed by atoms with van der Waals surface area (Å²) in [5.74, 6) is 1.57. The van der Waals surface area contributed by atoms with Crippen molar-refractivity contribution in [3.8, 4) is 22.8 Å². The van der Waals surface area contributed by atoms with Crippen LogP contribution in [0.5, 0.6) is 11.5 Å². The molecule has 0 atom stereocenters. The second-order valence-electron chi connectivity index (χ2n) is 6.59. The number of ether oxygens (including phenoxy) is 2. The molecule has 7 heteroatoms. The number of hydrogen-bond acceptors (Lipinski definition) is 6. The normalized spacial score (nSPS) is 10.9. The number of benzene rings is 3. The Morgan fingerprint density at radius 3 is 2.65 bits per heavy atom. The predicted molar refractivity (Wildman–Crippen MR) is 130 cm³/mol. The summed E-state index contributed by atoms with van der Waals surface area (Å²) in [4.78, 5) is 4.58. The number of nitrogens with one attached hydrogen (secondary N) is 1. The van der Waals surface area contributed by atoms with Crippen LogP contribution in [-0.2, 0) is 6.61 Å². The van der Waals surface area contributed by atoms with Gasteiger partial charge in [0, 0.05) is 21.0 Å². The SMILES string of the molecule is COc1ccc(C=NNc2nc(-c3ccccc3)cs2)cc1COc1ccc(Br)cc1. The average molecular weight is 494 g/mol. The summed E-state index contributed by atoms with van der Waals surface area (Å²) in [6.07, 6.45) is 1.76. The van der Waals surface area contributed by atoms with Gasteiger partial charge in [-0.2, -0.15) is 5.10 Å². The van der Waals surface area contributed by atoms with Crippen molar-refractivity contribution in [2.45, 2.75) is 6.61 Å². The lowest BCUT2D eigenvalue weighted by molar-refractivity contribution is 0.296. The molecule has 31 heavy (non-hydrogen) atoms. The van der Waals surface area contributed by atoms with Crippen LogP contribution in [0.1, 0.15) is 11.1 Å². The molecule has 1 N–H and O–H groups in total. The summed E-state index contributed by atoms with van der Waals surface area (Å²) in [6.45, 7) is 0.396. The lowest BCUT2D eigenvalue weighted by atomic mass is 10.1. The first-order valence-electron chi connectivity index (χ1n) is 9.56. The standard InChI is InChI=1S/C24H20BrN3O2S/c1-29-23-12-7-17(13-19(23)15-30-21-10-8-20(25)9-11-21)14-26-28-24-27-22(16-31-24)18-5-3-2-4-6-18/h2-14,16H,15H2,1H3,(H,27,28). The highest BCUT2D eigenvalue weighted by Crippen LogP contribution is 2.25. The minimum Gasteiger partial charge on any atom is -0.496 e. The highest BCUT2D eigenvalue weighted by atomic mass is 79.9. The summed E-state index contributed by atoms with van der Waals surface area (Å²) < 4.78 is 12.4. The molecule has 1 aromatic heterocycles. The second-order valence-corrected chi connectivity index (χ2v) is 8.36. The average Bonchev–Trinajstić information content (AvgIpc) is 3.28. The molecule has 0 bridgehead atoms. The number of methoxy groups -OCH3 is 1. The predicted octanol–water partition coefficient (Wildman–Crippen LogP) is 6.61. The Bertz CT molecular complexity index is 1160. The van der Waals surface area contributed by atoms with Gasteiger partial charge in [-0.25, -0.2) is 4.98 Å². The Morgan fingerprint density at radius 2 is 1.87 bits per heavy atom. The fourth-order valence-corrected chi connectivity index (χ4v) is 3.84. The molecule has 0 fully saturated rings. The van der Waals surface area contributed by atoms with E-state index in [1.165, 1.54) is 11.3 Å². The fraction of sp³-hybridized carbons (Fsp3) is 0.0833. The van der Waals surface area contributed by atoms with Crippen molar-refractivity contribution in [2.75, 3.05) is 12.5 Å². The molecule has 0 aliphatic heterocycles. The Hall–Kier alpha value is -3.16. The van der Waals surface area contributed by atoms with E-state index in [0.29, 0.717) is 6.61 Å². The third-order valence-electron chi connectivity index (χ3n) is 4.46. The Labute approximate surface area is 193 Å². The first kappa shape index (κ1) is 21.1. The molecule has 0 saturated carbocycles. The molecule has 4 aromatic rings. The number of halogens is 1. The van der Waals surface area contributed by atoms with Gasteiger partial charge in [0.05, 0.1) is 19.0 Å². The number of aromatic nitrogens is 1. The van der Waals surface area contributed by atoms with Gasteiger partial charge in [-0.05, 0) is 48.0 Å². The van der Waals surface area contributed by atoms with Gasteiger partial charge in [0.1, 0.15) is 18.1 Å². The number of rotatable bonds is 8. The molecule has 0 spiro atoms. The van der Waals surface area contributed by atoms with Gasteiger partial charge in [-0.1, -0.05) is 46.3 Å². The van der Waals surface area contributed by atoms with Crippen LogP contribution in [-0.4, -0.2) is 18.3 Å². The van der Waals surface area contributed by atoms with Gasteiger partial charge >= 0.3 is 0 Å². The van der Waals surface area contributed by atoms with E-state index in [2.05, 4.69) is 31.4 Å². The molecule has 5 nitrogen and oxygen atoms in total. The largest absolute Gasteiger partial charge is 0.496 e. The van der Waals surface area contributed by atoms with E-state index in [9.17, 15) is 0 Å². The molecule has 0 amide bonds. The van der Waals surface area contributed by atoms with Gasteiger partial charge in [0.15, 0.2) is 0 Å². The van der Waals surface area contributed by atoms with E-state index >= 15 is 0 Å². The lowest BCUT2D eigenvalue weighted by Gasteiger charge is -2.11. The van der Waals surface area contributed by atoms with Crippen molar-refractivity contribution in [1.82, 2.24) is 4.98 Å². The van der Waals surface area contributed by atoms with Crippen LogP contribution in [0.15, 0.2) is 87.8 Å². The maximum atomic E-state index is 5.89. The third-order valence-corrected chi connectivity index (χ3v) is 5.74. The molecule has 0 aliphatic rings. The monoisotopic (exact) mass is 493 g/mol. The number of hydrazone groups is 1. The number of nitrogens with zero attached hydrogens (tertiary/aromatic N) is 2. The summed E-state index contributed by atoms with van der Waals surface area (Å²) in [5.41, 5.74) is 6.89. The van der Waals surface area contributed by atoms with Crippen molar-refractivity contribution < 1.29 is 9.47 Å². The zero-order valence-electron chi connectivity index (χ0n) is 16.8. The Balaban J connectivity index is 1.41. The summed E-state index contributed by atoms with van der Waals surface area (Å²) in [7, 11) is 1.65. The second kappa shape index (κ2) is 10.2. The summed E-state index contributed by atoms with van der Waals surface area (Å²) in [5, 5.41) is 7.08. The minimum absolute atomic E-state index is 0.396. The quantitative estimate of drug-likeness (QED) is 0.221. The van der Waals surface area contributed by atoms with Crippen molar-refractivity contribution in [3.05, 3.63) is 93.8 Å². The van der Waals surface area contributed by atoms with Crippen molar-refractivity contribution in [2.24, 2.45) is 5.10 Å². The highest BCUT2D eigenvalue weighted by molar-refractivity contribution is 9.10. The molecule has 156 valence electrons. The molecule has 0 saturated heterocycles. The Kier molecular flexibility index (Phi) is 6.96. The van der Waals surface area contributed by atoms with E-state index in [4.69, 9.17) is 9.47 Å². The molecular weight excluding hydrogens is 474 g/mol. The lowest BCUT2D eigenvalue weighted by Crippen LogP contribution is -2.00. The maximum Gasteiger partial charge on any atom is 0.203 e. The third kappa shape index (κ3) is 5.71. The van der Waals surface area contributed by atoms with Crippen molar-refractivity contribution in [3.63, 3.8) is 0 Å². The van der Waals surface area contributed by atoms with Gasteiger partial charge in [-0.15, -0.1) is 11.3 Å². The van der Waals surface area contributed by atoms with E-state index in [0.717, 1.165) is 43.5 Å². The van der Waals surface area contributed by atoms with E-state index < -0.39 is 0 Å². The first-order valence-corrected chi connectivity index (χ1v) is 11.2. The Morgan fingerprint density at radius 1 is 1.06 bits per heavy atom. The molecule has 4 rings (SSSR count). The molecular formula is C24H20BrN3O2S. The first-order chi connectivity index (χ1) is 15.2. The van der Waals surface area contributed by atoms with Crippen LogP contribution in [0.25, 0.3) is 11.3 Å². The van der Waals surface area contributed by atoms with Gasteiger partial charge in [-0.3, -0.25) is 5.43 Å². The smallest absolute Gasteiger partial charge is 0.203 e. The van der Waals surface area contributed by atoms with Crippen LogP contribution in [0.3, 0.4) is 0 Å². The highest BCUT2D eigenvalue weighted by Gasteiger charge is 2.06. The summed E-state index contributed by atoms with van der Waals surface area (Å²) >= 11 is 4.94. The molecule has 0 radical (unpaired) electrons. The minimum atomic E-state index is 0.396. The van der Waals surface area contributed by atoms with Gasteiger partial charge < -0.3 is 9.47 Å². The van der Waals surface area contributed by atoms with E-state index in [1.54, 1.807) is 13.3 Å². The maximum absolute atomic E-state index is 5.89. The van der Waals surface area contributed by atoms with Gasteiger partial charge in [0.2, 0.25) is 5.13 Å².